The number of anilines is 2. The summed E-state index contributed by atoms with van der Waals surface area (Å²) in [6, 6.07) is 1.68. The van der Waals surface area contributed by atoms with Gasteiger partial charge in [0, 0.05) is 55.9 Å². The molecular formula is C15H20N6O2S. The van der Waals surface area contributed by atoms with E-state index in [1.54, 1.807) is 19.2 Å². The van der Waals surface area contributed by atoms with Gasteiger partial charge in [-0.05, 0) is 19.4 Å². The van der Waals surface area contributed by atoms with Gasteiger partial charge >= 0.3 is 5.69 Å². The van der Waals surface area contributed by atoms with Crippen molar-refractivity contribution in [1.29, 1.82) is 0 Å². The lowest BCUT2D eigenvalue weighted by atomic mass is 10.2. The van der Waals surface area contributed by atoms with Crippen LogP contribution >= 0.6 is 11.5 Å². The molecule has 1 saturated heterocycles. The highest BCUT2D eigenvalue weighted by Gasteiger charge is 2.26. The van der Waals surface area contributed by atoms with Gasteiger partial charge in [-0.25, -0.2) is 9.97 Å². The lowest BCUT2D eigenvalue weighted by Crippen LogP contribution is -2.31. The van der Waals surface area contributed by atoms with Crippen LogP contribution in [0.15, 0.2) is 12.3 Å². The molecule has 0 aliphatic carbocycles. The molecule has 1 fully saturated rings. The quantitative estimate of drug-likeness (QED) is 0.619. The summed E-state index contributed by atoms with van der Waals surface area (Å²) in [6.45, 7) is 6.84. The summed E-state index contributed by atoms with van der Waals surface area (Å²) in [5.74, 6) is 1.33. The van der Waals surface area contributed by atoms with Crippen molar-refractivity contribution >= 4 is 28.2 Å². The van der Waals surface area contributed by atoms with E-state index in [4.69, 9.17) is 0 Å². The average molecular weight is 348 g/mol. The number of rotatable bonds is 4. The van der Waals surface area contributed by atoms with Crippen LogP contribution in [-0.4, -0.2) is 45.4 Å². The Balaban J connectivity index is 1.79. The van der Waals surface area contributed by atoms with Gasteiger partial charge in [0.05, 0.1) is 4.92 Å². The number of pyridine rings is 1. The zero-order valence-corrected chi connectivity index (χ0v) is 14.6. The summed E-state index contributed by atoms with van der Waals surface area (Å²) in [4.78, 5) is 24.1. The topological polar surface area (TPSA) is 88.3 Å². The standard InChI is InChI=1S/C15H20N6O2S/c1-3-12-17-15(24-18-12)20-8-4-7-19(9-10-20)14-13(21(22)23)11(2)5-6-16-14/h5-6H,3-4,7-10H2,1-2H3. The SMILES string of the molecule is CCc1nsc(N2CCCN(c3nccc(C)c3[N+](=O)[O-])CC2)n1. The molecule has 0 aromatic carbocycles. The fourth-order valence-electron chi connectivity index (χ4n) is 2.83. The molecule has 3 rings (SSSR count). The van der Waals surface area contributed by atoms with E-state index in [2.05, 4.69) is 19.2 Å². The third-order valence-electron chi connectivity index (χ3n) is 4.13. The third kappa shape index (κ3) is 3.30. The van der Waals surface area contributed by atoms with Crippen molar-refractivity contribution in [1.82, 2.24) is 14.3 Å². The molecule has 1 aliphatic heterocycles. The van der Waals surface area contributed by atoms with Gasteiger partial charge in [0.25, 0.3) is 0 Å². The second kappa shape index (κ2) is 7.08. The van der Waals surface area contributed by atoms with Crippen LogP contribution in [0, 0.1) is 17.0 Å². The van der Waals surface area contributed by atoms with Gasteiger partial charge in [-0.2, -0.15) is 4.37 Å². The largest absolute Gasteiger partial charge is 0.349 e. The summed E-state index contributed by atoms with van der Waals surface area (Å²) in [6.07, 6.45) is 3.36. The van der Waals surface area contributed by atoms with Crippen LogP contribution in [0.2, 0.25) is 0 Å². The molecule has 8 nitrogen and oxygen atoms in total. The van der Waals surface area contributed by atoms with Crippen LogP contribution in [0.1, 0.15) is 24.7 Å². The minimum absolute atomic E-state index is 0.107. The molecule has 24 heavy (non-hydrogen) atoms. The fourth-order valence-corrected chi connectivity index (χ4v) is 3.63. The number of aryl methyl sites for hydroxylation is 2. The predicted octanol–water partition coefficient (Wildman–Crippen LogP) is 2.43. The van der Waals surface area contributed by atoms with Gasteiger partial charge < -0.3 is 9.80 Å². The molecular weight excluding hydrogens is 328 g/mol. The maximum Gasteiger partial charge on any atom is 0.314 e. The van der Waals surface area contributed by atoms with E-state index in [1.165, 1.54) is 11.5 Å². The molecule has 2 aromatic heterocycles. The van der Waals surface area contributed by atoms with E-state index in [-0.39, 0.29) is 10.6 Å². The lowest BCUT2D eigenvalue weighted by Gasteiger charge is -2.22. The second-order valence-electron chi connectivity index (χ2n) is 5.73. The van der Waals surface area contributed by atoms with Gasteiger partial charge in [-0.1, -0.05) is 6.92 Å². The predicted molar refractivity (Wildman–Crippen MR) is 94.0 cm³/mol. The van der Waals surface area contributed by atoms with E-state index in [0.29, 0.717) is 17.9 Å². The molecule has 0 bridgehead atoms. The molecule has 3 heterocycles. The van der Waals surface area contributed by atoms with Crippen LogP contribution in [-0.2, 0) is 6.42 Å². The van der Waals surface area contributed by atoms with E-state index in [1.807, 2.05) is 11.8 Å². The van der Waals surface area contributed by atoms with Gasteiger partial charge in [0.2, 0.25) is 10.9 Å². The van der Waals surface area contributed by atoms with Crippen molar-refractivity contribution < 1.29 is 4.92 Å². The van der Waals surface area contributed by atoms with Gasteiger partial charge in [0.15, 0.2) is 0 Å². The lowest BCUT2D eigenvalue weighted by molar-refractivity contribution is -0.384. The molecule has 9 heteroatoms. The molecule has 128 valence electrons. The maximum atomic E-state index is 11.4. The molecule has 0 N–H and O–H groups in total. The average Bonchev–Trinajstić information content (AvgIpc) is 2.91. The van der Waals surface area contributed by atoms with Crippen LogP contribution in [0.5, 0.6) is 0 Å². The molecule has 1 aliphatic rings. The highest BCUT2D eigenvalue weighted by atomic mass is 32.1. The van der Waals surface area contributed by atoms with Gasteiger partial charge in [-0.15, -0.1) is 0 Å². The Bertz CT molecular complexity index is 735. The van der Waals surface area contributed by atoms with E-state index >= 15 is 0 Å². The van der Waals surface area contributed by atoms with Crippen molar-refractivity contribution in [3.63, 3.8) is 0 Å². The number of hydrogen-bond acceptors (Lipinski definition) is 8. The first kappa shape index (κ1) is 16.6. The molecule has 0 amide bonds. The van der Waals surface area contributed by atoms with Crippen LogP contribution in [0.4, 0.5) is 16.6 Å². The molecule has 0 unspecified atom stereocenters. The Morgan fingerprint density at radius 2 is 2.04 bits per heavy atom. The summed E-state index contributed by atoms with van der Waals surface area (Å²) >= 11 is 1.42. The zero-order chi connectivity index (χ0) is 17.1. The van der Waals surface area contributed by atoms with E-state index in [0.717, 1.165) is 43.4 Å². The van der Waals surface area contributed by atoms with Crippen molar-refractivity contribution in [2.24, 2.45) is 0 Å². The minimum atomic E-state index is -0.335. The smallest absolute Gasteiger partial charge is 0.314 e. The fraction of sp³-hybridized carbons (Fsp3) is 0.533. The van der Waals surface area contributed by atoms with Crippen molar-refractivity contribution in [3.05, 3.63) is 33.8 Å². The molecule has 0 spiro atoms. The monoisotopic (exact) mass is 348 g/mol. The number of hydrogen-bond donors (Lipinski definition) is 0. The first-order chi connectivity index (χ1) is 11.6. The highest BCUT2D eigenvalue weighted by Crippen LogP contribution is 2.30. The van der Waals surface area contributed by atoms with Gasteiger partial charge in [-0.3, -0.25) is 10.1 Å². The number of nitrogens with zero attached hydrogens (tertiary/aromatic N) is 6. The Morgan fingerprint density at radius 3 is 2.75 bits per heavy atom. The normalized spacial score (nSPS) is 15.4. The maximum absolute atomic E-state index is 11.4. The van der Waals surface area contributed by atoms with Crippen molar-refractivity contribution in [2.45, 2.75) is 26.7 Å². The Morgan fingerprint density at radius 1 is 1.29 bits per heavy atom. The van der Waals surface area contributed by atoms with Gasteiger partial charge in [0.1, 0.15) is 5.82 Å². The van der Waals surface area contributed by atoms with E-state index in [9.17, 15) is 10.1 Å². The summed E-state index contributed by atoms with van der Waals surface area (Å²) in [5, 5.41) is 12.3. The zero-order valence-electron chi connectivity index (χ0n) is 13.8. The van der Waals surface area contributed by atoms with Crippen LogP contribution in [0.3, 0.4) is 0 Å². The summed E-state index contributed by atoms with van der Waals surface area (Å²) in [5.41, 5.74) is 0.748. The van der Waals surface area contributed by atoms with Crippen LogP contribution in [0.25, 0.3) is 0 Å². The first-order valence-electron chi connectivity index (χ1n) is 8.02. The molecule has 0 atom stereocenters. The van der Waals surface area contributed by atoms with E-state index < -0.39 is 0 Å². The highest BCUT2D eigenvalue weighted by molar-refractivity contribution is 7.09. The molecule has 0 saturated carbocycles. The van der Waals surface area contributed by atoms with Crippen LogP contribution < -0.4 is 9.80 Å². The van der Waals surface area contributed by atoms with Crippen molar-refractivity contribution in [3.8, 4) is 0 Å². The van der Waals surface area contributed by atoms with Crippen molar-refractivity contribution in [2.75, 3.05) is 36.0 Å². The molecule has 2 aromatic rings. The minimum Gasteiger partial charge on any atom is -0.349 e. The molecule has 0 radical (unpaired) electrons. The second-order valence-corrected chi connectivity index (χ2v) is 6.46. The first-order valence-corrected chi connectivity index (χ1v) is 8.80. The summed E-state index contributed by atoms with van der Waals surface area (Å²) < 4.78 is 4.34. The Labute approximate surface area is 144 Å². The third-order valence-corrected chi connectivity index (χ3v) is 4.94. The number of aromatic nitrogens is 3. The summed E-state index contributed by atoms with van der Waals surface area (Å²) in [7, 11) is 0. The Hall–Kier alpha value is -2.29. The number of nitro groups is 1. The Kier molecular flexibility index (Phi) is 4.89.